The average molecular weight is 335 g/mol. The number of hydrogen-bond acceptors (Lipinski definition) is 6. The first-order valence-electron chi connectivity index (χ1n) is 7.97. The van der Waals surface area contributed by atoms with E-state index in [9.17, 15) is 0 Å². The molecule has 4 rings (SSSR count). The fourth-order valence-corrected chi connectivity index (χ4v) is 2.61. The Kier molecular flexibility index (Phi) is 4.00. The molecule has 0 spiro atoms. The van der Waals surface area contributed by atoms with Crippen molar-refractivity contribution in [2.75, 3.05) is 11.1 Å². The molecule has 6 nitrogen and oxygen atoms in total. The molecule has 1 aromatic heterocycles. The van der Waals surface area contributed by atoms with E-state index in [0.717, 1.165) is 24.0 Å². The van der Waals surface area contributed by atoms with Crippen LogP contribution in [0.15, 0.2) is 82.8 Å². The van der Waals surface area contributed by atoms with E-state index in [1.165, 1.54) is 6.26 Å². The number of benzene rings is 1. The number of nitrogens with two attached hydrogens (primary N) is 1. The van der Waals surface area contributed by atoms with E-state index in [-0.39, 0.29) is 0 Å². The van der Waals surface area contributed by atoms with E-state index in [1.807, 2.05) is 36.4 Å². The Morgan fingerprint density at radius 2 is 2.08 bits per heavy atom. The summed E-state index contributed by atoms with van der Waals surface area (Å²) in [6.07, 6.45) is 12.7. The number of ether oxygens (including phenoxy) is 2. The third-order valence-corrected chi connectivity index (χ3v) is 3.86. The molecule has 0 radical (unpaired) electrons. The van der Waals surface area contributed by atoms with Crippen molar-refractivity contribution in [3.63, 3.8) is 0 Å². The van der Waals surface area contributed by atoms with Crippen molar-refractivity contribution in [3.8, 4) is 11.3 Å². The van der Waals surface area contributed by atoms with Gasteiger partial charge in [0.2, 0.25) is 5.88 Å². The van der Waals surface area contributed by atoms with Crippen LogP contribution in [0.3, 0.4) is 0 Å². The summed E-state index contributed by atoms with van der Waals surface area (Å²) >= 11 is 0. The van der Waals surface area contributed by atoms with Crippen LogP contribution in [-0.4, -0.2) is 4.98 Å². The van der Waals surface area contributed by atoms with Crippen molar-refractivity contribution >= 4 is 11.7 Å². The molecule has 0 saturated carbocycles. The Balaban J connectivity index is 1.46. The van der Waals surface area contributed by atoms with E-state index >= 15 is 0 Å². The minimum Gasteiger partial charge on any atom is -0.463 e. The van der Waals surface area contributed by atoms with Gasteiger partial charge in [-0.3, -0.25) is 5.32 Å². The van der Waals surface area contributed by atoms with Gasteiger partial charge in [-0.05, 0) is 30.5 Å². The van der Waals surface area contributed by atoms with Crippen LogP contribution in [0, 0.1) is 0 Å². The molecular weight excluding hydrogens is 318 g/mol. The molecule has 25 heavy (non-hydrogen) atoms. The third-order valence-electron chi connectivity index (χ3n) is 3.86. The number of nitrogens with one attached hydrogen (secondary N) is 1. The van der Waals surface area contributed by atoms with E-state index < -0.39 is 0 Å². The van der Waals surface area contributed by atoms with Gasteiger partial charge in [-0.15, -0.1) is 0 Å². The normalized spacial score (nSPS) is 16.2. The molecule has 126 valence electrons. The van der Waals surface area contributed by atoms with Crippen LogP contribution in [-0.2, 0) is 9.47 Å². The summed E-state index contributed by atoms with van der Waals surface area (Å²) in [6, 6.07) is 7.76. The zero-order valence-electron chi connectivity index (χ0n) is 13.4. The molecule has 0 fully saturated rings. The van der Waals surface area contributed by atoms with Gasteiger partial charge in [0.15, 0.2) is 17.8 Å². The monoisotopic (exact) mass is 335 g/mol. The summed E-state index contributed by atoms with van der Waals surface area (Å²) in [5.41, 5.74) is 8.47. The van der Waals surface area contributed by atoms with E-state index in [1.54, 1.807) is 12.5 Å². The first-order chi connectivity index (χ1) is 12.3. The standard InChI is InChI=1S/C19H17N3O3/c20-15-9-5-4-8-14(15)16-10-21-19(25-16)22-18-12-23-11-17(24-18)13-6-2-1-3-7-13/h1-2,4-6,8-12H,3,7,20H2,(H,21,22). The number of allylic oxidation sites excluding steroid dienone is 4. The molecule has 3 N–H and O–H groups in total. The van der Waals surface area contributed by atoms with Gasteiger partial charge < -0.3 is 19.6 Å². The summed E-state index contributed by atoms with van der Waals surface area (Å²) in [7, 11) is 0. The van der Waals surface area contributed by atoms with Crippen LogP contribution >= 0.6 is 0 Å². The lowest BCUT2D eigenvalue weighted by Gasteiger charge is -2.19. The molecule has 2 heterocycles. The Morgan fingerprint density at radius 1 is 1.16 bits per heavy atom. The summed E-state index contributed by atoms with van der Waals surface area (Å²) in [4.78, 5) is 4.21. The molecule has 0 bridgehead atoms. The van der Waals surface area contributed by atoms with Gasteiger partial charge in [0.05, 0.1) is 6.20 Å². The molecule has 0 saturated heterocycles. The van der Waals surface area contributed by atoms with Gasteiger partial charge in [-0.1, -0.05) is 30.4 Å². The molecule has 6 heteroatoms. The lowest BCUT2D eigenvalue weighted by atomic mass is 10.0. The number of hydrogen-bond donors (Lipinski definition) is 2. The van der Waals surface area contributed by atoms with Crippen LogP contribution in [0.1, 0.15) is 12.8 Å². The maximum absolute atomic E-state index is 5.96. The van der Waals surface area contributed by atoms with E-state index in [2.05, 4.69) is 16.4 Å². The first kappa shape index (κ1) is 15.1. The van der Waals surface area contributed by atoms with Crippen molar-refractivity contribution in [2.45, 2.75) is 12.8 Å². The quantitative estimate of drug-likeness (QED) is 0.811. The molecule has 1 aliphatic carbocycles. The number of nitrogens with zero attached hydrogens (tertiary/aromatic N) is 1. The highest BCUT2D eigenvalue weighted by Gasteiger charge is 2.17. The summed E-state index contributed by atoms with van der Waals surface area (Å²) in [5, 5.41) is 2.97. The van der Waals surface area contributed by atoms with E-state index in [0.29, 0.717) is 29.1 Å². The average Bonchev–Trinajstić information content (AvgIpc) is 3.11. The summed E-state index contributed by atoms with van der Waals surface area (Å²) in [5.74, 6) is 1.66. The Labute approximate surface area is 144 Å². The Hall–Kier alpha value is -3.41. The third kappa shape index (κ3) is 3.28. The Bertz CT molecular complexity index is 906. The minimum atomic E-state index is 0.298. The maximum Gasteiger partial charge on any atom is 0.302 e. The van der Waals surface area contributed by atoms with Crippen LogP contribution < -0.4 is 11.1 Å². The highest BCUT2D eigenvalue weighted by molar-refractivity contribution is 5.72. The molecule has 2 aliphatic rings. The predicted octanol–water partition coefficient (Wildman–Crippen LogP) is 4.30. The SMILES string of the molecule is Nc1ccccc1-c1cnc(NC2=COC=C(C3=CC=CCC3)O2)o1. The second kappa shape index (κ2) is 6.60. The van der Waals surface area contributed by atoms with E-state index in [4.69, 9.17) is 19.6 Å². The van der Waals surface area contributed by atoms with Gasteiger partial charge in [-0.25, -0.2) is 4.98 Å². The molecule has 1 aliphatic heterocycles. The molecule has 0 atom stereocenters. The summed E-state index contributed by atoms with van der Waals surface area (Å²) < 4.78 is 16.9. The number of anilines is 2. The minimum absolute atomic E-state index is 0.298. The van der Waals surface area contributed by atoms with Crippen LogP contribution in [0.4, 0.5) is 11.7 Å². The van der Waals surface area contributed by atoms with Gasteiger partial charge in [0.25, 0.3) is 0 Å². The van der Waals surface area contributed by atoms with Crippen molar-refractivity contribution in [2.24, 2.45) is 0 Å². The van der Waals surface area contributed by atoms with Crippen molar-refractivity contribution in [1.82, 2.24) is 4.98 Å². The number of para-hydroxylation sites is 1. The van der Waals surface area contributed by atoms with Crippen molar-refractivity contribution in [1.29, 1.82) is 0 Å². The lowest BCUT2D eigenvalue weighted by Crippen LogP contribution is -2.10. The fourth-order valence-electron chi connectivity index (χ4n) is 2.61. The first-order valence-corrected chi connectivity index (χ1v) is 7.97. The summed E-state index contributed by atoms with van der Waals surface area (Å²) in [6.45, 7) is 0. The van der Waals surface area contributed by atoms with Crippen LogP contribution in [0.2, 0.25) is 0 Å². The zero-order valence-corrected chi connectivity index (χ0v) is 13.4. The van der Waals surface area contributed by atoms with Gasteiger partial charge in [0.1, 0.15) is 6.26 Å². The molecule has 0 unspecified atom stereocenters. The largest absolute Gasteiger partial charge is 0.463 e. The lowest BCUT2D eigenvalue weighted by molar-refractivity contribution is 0.232. The number of oxazole rings is 1. The van der Waals surface area contributed by atoms with Crippen LogP contribution in [0.5, 0.6) is 0 Å². The maximum atomic E-state index is 5.96. The fraction of sp³-hybridized carbons (Fsp3) is 0.105. The van der Waals surface area contributed by atoms with Crippen molar-refractivity contribution in [3.05, 3.63) is 78.4 Å². The Morgan fingerprint density at radius 3 is 2.92 bits per heavy atom. The highest BCUT2D eigenvalue weighted by atomic mass is 16.6. The predicted molar refractivity (Wildman–Crippen MR) is 94.8 cm³/mol. The molecule has 1 aromatic carbocycles. The number of nitrogen functional groups attached to an aromatic ring is 1. The zero-order chi connectivity index (χ0) is 17.1. The highest BCUT2D eigenvalue weighted by Crippen LogP contribution is 2.29. The van der Waals surface area contributed by atoms with Crippen LogP contribution in [0.25, 0.3) is 11.3 Å². The molecule has 0 amide bonds. The van der Waals surface area contributed by atoms with Gasteiger partial charge in [0, 0.05) is 11.3 Å². The molecule has 2 aromatic rings. The number of rotatable bonds is 4. The van der Waals surface area contributed by atoms with Crippen molar-refractivity contribution < 1.29 is 13.9 Å². The number of aromatic nitrogens is 1. The smallest absolute Gasteiger partial charge is 0.302 e. The topological polar surface area (TPSA) is 82.5 Å². The molecular formula is C19H17N3O3. The second-order valence-corrected chi connectivity index (χ2v) is 5.60. The second-order valence-electron chi connectivity index (χ2n) is 5.60. The van der Waals surface area contributed by atoms with Gasteiger partial charge >= 0.3 is 6.01 Å². The van der Waals surface area contributed by atoms with Gasteiger partial charge in [-0.2, -0.15) is 0 Å².